The first-order valence-electron chi connectivity index (χ1n) is 9.13. The lowest BCUT2D eigenvalue weighted by molar-refractivity contribution is -0.884. The van der Waals surface area contributed by atoms with E-state index in [1.807, 2.05) is 0 Å². The standard InChI is InChI=1S/C20H16N2.C3H8.CH4/c1-14-21-17-8-4-2-6-15(17)10-12-19(21)20-13-11-16-7-3-5-9-18(16)22(14)20;1-3-2;/h2-14H,1H3;3H2,1-2H3;1H4/q+2;;. The molecule has 2 aromatic carbocycles. The van der Waals surface area contributed by atoms with E-state index in [4.69, 9.17) is 0 Å². The van der Waals surface area contributed by atoms with E-state index in [1.54, 1.807) is 0 Å². The van der Waals surface area contributed by atoms with Crippen LogP contribution in [0.5, 0.6) is 0 Å². The molecule has 4 aromatic rings. The molecule has 0 amide bonds. The fourth-order valence-corrected chi connectivity index (χ4v) is 3.79. The summed E-state index contributed by atoms with van der Waals surface area (Å²) in [7, 11) is 0. The van der Waals surface area contributed by atoms with E-state index in [0.717, 1.165) is 0 Å². The zero-order valence-corrected chi connectivity index (χ0v) is 15.1. The number of fused-ring (bicyclic) bond motifs is 7. The average molecular weight is 345 g/mol. The van der Waals surface area contributed by atoms with Gasteiger partial charge in [-0.05, 0) is 24.3 Å². The number of benzene rings is 2. The third kappa shape index (κ3) is 2.66. The van der Waals surface area contributed by atoms with Gasteiger partial charge in [-0.1, -0.05) is 52.0 Å². The highest BCUT2D eigenvalue weighted by Gasteiger charge is 2.43. The number of hydrogen-bond donors (Lipinski definition) is 0. The van der Waals surface area contributed by atoms with Gasteiger partial charge in [-0.25, -0.2) is 0 Å². The largest absolute Gasteiger partial charge is 0.351 e. The molecule has 0 unspecified atom stereocenters. The van der Waals surface area contributed by atoms with Crippen LogP contribution in [0, 0.1) is 0 Å². The topological polar surface area (TPSA) is 7.76 Å². The van der Waals surface area contributed by atoms with Crippen LogP contribution in [0.15, 0.2) is 72.8 Å². The van der Waals surface area contributed by atoms with Gasteiger partial charge >= 0.3 is 6.17 Å². The van der Waals surface area contributed by atoms with Gasteiger partial charge in [0.2, 0.25) is 11.0 Å². The van der Waals surface area contributed by atoms with Crippen molar-refractivity contribution in [1.29, 1.82) is 0 Å². The molecule has 0 bridgehead atoms. The summed E-state index contributed by atoms with van der Waals surface area (Å²) in [6.07, 6.45) is 1.53. The molecule has 0 atom stereocenters. The van der Waals surface area contributed by atoms with Gasteiger partial charge in [0.05, 0.1) is 6.92 Å². The molecule has 0 fully saturated rings. The quantitative estimate of drug-likeness (QED) is 0.363. The van der Waals surface area contributed by atoms with Crippen molar-refractivity contribution in [3.63, 3.8) is 0 Å². The highest BCUT2D eigenvalue weighted by molar-refractivity contribution is 5.79. The molecular weight excluding hydrogens is 316 g/mol. The first kappa shape index (κ1) is 18.1. The molecule has 0 saturated heterocycles. The summed E-state index contributed by atoms with van der Waals surface area (Å²) in [6.45, 7) is 6.53. The minimum atomic E-state index is 0. The Morgan fingerprint density at radius 1 is 0.654 bits per heavy atom. The maximum absolute atomic E-state index is 2.44. The Kier molecular flexibility index (Phi) is 5.03. The Hall–Kier alpha value is -2.74. The lowest BCUT2D eigenvalue weighted by Crippen LogP contribution is -2.50. The monoisotopic (exact) mass is 344 g/mol. The molecule has 1 aliphatic rings. The molecule has 2 heteroatoms. The predicted molar refractivity (Wildman–Crippen MR) is 110 cm³/mol. The van der Waals surface area contributed by atoms with Crippen LogP contribution < -0.4 is 9.13 Å². The first-order valence-corrected chi connectivity index (χ1v) is 9.13. The van der Waals surface area contributed by atoms with E-state index in [9.17, 15) is 0 Å². The van der Waals surface area contributed by atoms with Crippen molar-refractivity contribution < 1.29 is 9.13 Å². The molecule has 0 saturated carbocycles. The summed E-state index contributed by atoms with van der Waals surface area (Å²) >= 11 is 0. The van der Waals surface area contributed by atoms with Crippen molar-refractivity contribution in [2.24, 2.45) is 0 Å². The third-order valence-electron chi connectivity index (χ3n) is 4.76. The third-order valence-corrected chi connectivity index (χ3v) is 4.76. The molecule has 2 nitrogen and oxygen atoms in total. The van der Waals surface area contributed by atoms with Crippen LogP contribution in [0.1, 0.15) is 40.8 Å². The fraction of sp³-hybridized carbons (Fsp3) is 0.250. The lowest BCUT2D eigenvalue weighted by Gasteiger charge is -2.01. The van der Waals surface area contributed by atoms with Gasteiger partial charge < -0.3 is 0 Å². The molecule has 2 aromatic heterocycles. The van der Waals surface area contributed by atoms with Crippen LogP contribution in [0.3, 0.4) is 0 Å². The second kappa shape index (κ2) is 7.25. The zero-order chi connectivity index (χ0) is 17.4. The van der Waals surface area contributed by atoms with Crippen molar-refractivity contribution in [3.8, 4) is 11.4 Å². The fourth-order valence-electron chi connectivity index (χ4n) is 3.79. The summed E-state index contributed by atoms with van der Waals surface area (Å²) < 4.78 is 4.88. The summed E-state index contributed by atoms with van der Waals surface area (Å²) in [6, 6.07) is 26.2. The van der Waals surface area contributed by atoms with Crippen LogP contribution in [0.4, 0.5) is 0 Å². The highest BCUT2D eigenvalue weighted by Crippen LogP contribution is 2.26. The maximum Gasteiger partial charge on any atom is 0.351 e. The van der Waals surface area contributed by atoms with Crippen LogP contribution in [0.2, 0.25) is 0 Å². The van der Waals surface area contributed by atoms with Crippen molar-refractivity contribution in [3.05, 3.63) is 72.8 Å². The summed E-state index contributed by atoms with van der Waals surface area (Å²) in [4.78, 5) is 0. The number of rotatable bonds is 0. The molecule has 5 rings (SSSR count). The number of para-hydroxylation sites is 2. The maximum atomic E-state index is 2.44. The average Bonchev–Trinajstić information content (AvgIpc) is 2.96. The van der Waals surface area contributed by atoms with E-state index in [2.05, 4.69) is 103 Å². The molecule has 26 heavy (non-hydrogen) atoms. The number of hydrogen-bond acceptors (Lipinski definition) is 0. The Bertz CT molecular complexity index is 981. The van der Waals surface area contributed by atoms with Gasteiger partial charge in [0.25, 0.3) is 11.4 Å². The molecule has 0 N–H and O–H groups in total. The minimum Gasteiger partial charge on any atom is -0.124 e. The molecule has 0 aliphatic carbocycles. The van der Waals surface area contributed by atoms with Crippen molar-refractivity contribution in [2.45, 2.75) is 40.8 Å². The number of pyridine rings is 2. The van der Waals surface area contributed by atoms with Gasteiger partial charge in [-0.3, -0.25) is 0 Å². The van der Waals surface area contributed by atoms with E-state index >= 15 is 0 Å². The first-order chi connectivity index (χ1) is 12.3. The summed E-state index contributed by atoms with van der Waals surface area (Å²) in [5.74, 6) is 0. The van der Waals surface area contributed by atoms with E-state index < -0.39 is 0 Å². The normalized spacial score (nSPS) is 12.1. The Morgan fingerprint density at radius 3 is 1.46 bits per heavy atom. The molecule has 3 heterocycles. The molecule has 0 spiro atoms. The van der Waals surface area contributed by atoms with Gasteiger partial charge in [-0.15, -0.1) is 9.13 Å². The molecule has 1 aliphatic heterocycles. The van der Waals surface area contributed by atoms with Crippen LogP contribution in [-0.2, 0) is 0 Å². The summed E-state index contributed by atoms with van der Waals surface area (Å²) in [5.41, 5.74) is 5.16. The molecular formula is C24H28N2+2. The molecule has 132 valence electrons. The zero-order valence-electron chi connectivity index (χ0n) is 15.1. The van der Waals surface area contributed by atoms with Crippen molar-refractivity contribution in [1.82, 2.24) is 0 Å². The number of nitrogens with zero attached hydrogens (tertiary/aromatic N) is 2. The summed E-state index contributed by atoms with van der Waals surface area (Å²) in [5, 5.41) is 2.58. The van der Waals surface area contributed by atoms with Crippen LogP contribution in [-0.4, -0.2) is 0 Å². The number of aromatic nitrogens is 2. The van der Waals surface area contributed by atoms with Gasteiger partial charge in [-0.2, -0.15) is 0 Å². The Morgan fingerprint density at radius 2 is 1.04 bits per heavy atom. The Labute approximate surface area is 156 Å². The molecule has 0 radical (unpaired) electrons. The van der Waals surface area contributed by atoms with Crippen LogP contribution >= 0.6 is 0 Å². The Balaban J connectivity index is 0.000000461. The van der Waals surface area contributed by atoms with E-state index in [0.29, 0.717) is 0 Å². The predicted octanol–water partition coefficient (Wildman–Crippen LogP) is 5.67. The van der Waals surface area contributed by atoms with E-state index in [-0.39, 0.29) is 13.6 Å². The van der Waals surface area contributed by atoms with E-state index in [1.165, 1.54) is 39.6 Å². The van der Waals surface area contributed by atoms with Crippen LogP contribution in [0.25, 0.3) is 33.2 Å². The van der Waals surface area contributed by atoms with Gasteiger partial charge in [0, 0.05) is 35.0 Å². The smallest absolute Gasteiger partial charge is 0.124 e. The van der Waals surface area contributed by atoms with Gasteiger partial charge in [0.15, 0.2) is 0 Å². The van der Waals surface area contributed by atoms with Crippen molar-refractivity contribution in [2.75, 3.05) is 0 Å². The van der Waals surface area contributed by atoms with Crippen molar-refractivity contribution >= 4 is 21.8 Å². The lowest BCUT2D eigenvalue weighted by atomic mass is 10.1. The second-order valence-electron chi connectivity index (χ2n) is 6.63. The van der Waals surface area contributed by atoms with Gasteiger partial charge in [0.1, 0.15) is 0 Å². The SMILES string of the molecule is C.CC1[n+]2c(ccc3ccccc32)-c2ccc3ccccc3[n+]21.CCC. The minimum absolute atomic E-state index is 0. The highest BCUT2D eigenvalue weighted by atomic mass is 15.3. The second-order valence-corrected chi connectivity index (χ2v) is 6.63.